The van der Waals surface area contributed by atoms with Crippen LogP contribution in [-0.4, -0.2) is 29.2 Å². The van der Waals surface area contributed by atoms with Crippen molar-refractivity contribution in [2.24, 2.45) is 28.8 Å². The third-order valence-corrected chi connectivity index (χ3v) is 8.30. The van der Waals surface area contributed by atoms with Gasteiger partial charge in [0.15, 0.2) is 0 Å². The lowest BCUT2D eigenvalue weighted by Crippen LogP contribution is -2.43. The second kappa shape index (κ2) is 8.72. The molecular formula is C26H37N3O. The Morgan fingerprint density at radius 3 is 2.73 bits per heavy atom. The molecule has 6 atom stereocenters. The molecule has 0 radical (unpaired) electrons. The lowest BCUT2D eigenvalue weighted by atomic mass is 9.80. The molecule has 0 spiro atoms. The van der Waals surface area contributed by atoms with Crippen LogP contribution in [0.5, 0.6) is 0 Å². The Kier molecular flexibility index (Phi) is 5.84. The quantitative estimate of drug-likeness (QED) is 0.623. The van der Waals surface area contributed by atoms with E-state index in [1.807, 2.05) is 0 Å². The lowest BCUT2D eigenvalue weighted by molar-refractivity contribution is -0.116. The fraction of sp³-hybridized carbons (Fsp3) is 0.692. The van der Waals surface area contributed by atoms with E-state index in [0.717, 1.165) is 42.9 Å². The topological polar surface area (TPSA) is 44.7 Å². The van der Waals surface area contributed by atoms with Gasteiger partial charge >= 0.3 is 0 Å². The van der Waals surface area contributed by atoms with Crippen molar-refractivity contribution < 1.29 is 4.79 Å². The number of hydrazone groups is 1. The molecule has 1 aliphatic heterocycles. The van der Waals surface area contributed by atoms with Gasteiger partial charge in [0.2, 0.25) is 0 Å². The molecular weight excluding hydrogens is 370 g/mol. The van der Waals surface area contributed by atoms with E-state index in [-0.39, 0.29) is 11.9 Å². The molecule has 1 aromatic carbocycles. The largest absolute Gasteiger partial charge is 0.348 e. The zero-order chi connectivity index (χ0) is 20.5. The van der Waals surface area contributed by atoms with E-state index >= 15 is 0 Å². The summed E-state index contributed by atoms with van der Waals surface area (Å²) in [4.78, 5) is 13.3. The van der Waals surface area contributed by atoms with Gasteiger partial charge in [-0.3, -0.25) is 9.80 Å². The Balaban J connectivity index is 1.28. The van der Waals surface area contributed by atoms with Gasteiger partial charge in [-0.15, -0.1) is 0 Å². The molecule has 3 fully saturated rings. The summed E-state index contributed by atoms with van der Waals surface area (Å²) in [6.07, 6.45) is 12.4. The van der Waals surface area contributed by atoms with Gasteiger partial charge in [-0.25, -0.2) is 0 Å². The summed E-state index contributed by atoms with van der Waals surface area (Å²) in [5.41, 5.74) is 2.01. The van der Waals surface area contributed by atoms with Crippen molar-refractivity contribution in [2.45, 2.75) is 83.2 Å². The third-order valence-electron chi connectivity index (χ3n) is 8.30. The van der Waals surface area contributed by atoms with Crippen LogP contribution in [0.25, 0.3) is 0 Å². The molecule has 4 aliphatic rings. The van der Waals surface area contributed by atoms with Gasteiger partial charge < -0.3 is 5.32 Å². The molecule has 6 unspecified atom stereocenters. The Bertz CT molecular complexity index is 776. The number of rotatable bonds is 7. The van der Waals surface area contributed by atoms with Crippen molar-refractivity contribution in [2.75, 3.05) is 6.54 Å². The number of unbranched alkanes of at least 4 members (excludes halogenated alkanes) is 2. The molecule has 162 valence electrons. The maximum Gasteiger partial charge on any atom is 0.267 e. The lowest BCUT2D eigenvalue weighted by Gasteiger charge is -2.27. The van der Waals surface area contributed by atoms with Crippen molar-refractivity contribution in [3.63, 3.8) is 0 Å². The van der Waals surface area contributed by atoms with Gasteiger partial charge in [-0.05, 0) is 74.2 Å². The zero-order valence-corrected chi connectivity index (χ0v) is 18.4. The smallest absolute Gasteiger partial charge is 0.267 e. The van der Waals surface area contributed by atoms with Crippen LogP contribution in [-0.2, 0) is 4.79 Å². The van der Waals surface area contributed by atoms with E-state index in [1.165, 1.54) is 56.9 Å². The van der Waals surface area contributed by atoms with E-state index in [2.05, 4.69) is 47.6 Å². The summed E-state index contributed by atoms with van der Waals surface area (Å²) in [5, 5.41) is 10.5. The molecule has 30 heavy (non-hydrogen) atoms. The minimum Gasteiger partial charge on any atom is -0.348 e. The molecule has 3 saturated carbocycles. The number of hydrogen-bond donors (Lipinski definition) is 1. The Morgan fingerprint density at radius 2 is 1.90 bits per heavy atom. The second-order valence-electron chi connectivity index (χ2n) is 10.3. The van der Waals surface area contributed by atoms with Gasteiger partial charge in [-0.1, -0.05) is 50.1 Å². The van der Waals surface area contributed by atoms with Crippen molar-refractivity contribution in [3.8, 4) is 0 Å². The maximum absolute atomic E-state index is 13.3. The summed E-state index contributed by atoms with van der Waals surface area (Å²) >= 11 is 0. The molecule has 5 rings (SSSR count). The van der Waals surface area contributed by atoms with Crippen LogP contribution in [0.15, 0.2) is 35.4 Å². The Labute approximate surface area is 181 Å². The van der Waals surface area contributed by atoms with E-state index in [0.29, 0.717) is 12.0 Å². The van der Waals surface area contributed by atoms with E-state index in [4.69, 9.17) is 5.10 Å². The first kappa shape index (κ1) is 20.1. The van der Waals surface area contributed by atoms with Crippen LogP contribution < -0.4 is 5.32 Å². The predicted molar refractivity (Wildman–Crippen MR) is 121 cm³/mol. The highest BCUT2D eigenvalue weighted by atomic mass is 16.2. The van der Waals surface area contributed by atoms with Crippen molar-refractivity contribution in [3.05, 3.63) is 35.9 Å². The number of hydrogen-bond acceptors (Lipinski definition) is 3. The van der Waals surface area contributed by atoms with Crippen molar-refractivity contribution >= 4 is 11.6 Å². The molecule has 1 aromatic rings. The van der Waals surface area contributed by atoms with E-state index < -0.39 is 0 Å². The number of nitrogens with one attached hydrogen (secondary N) is 1. The van der Waals surface area contributed by atoms with Gasteiger partial charge in [0, 0.05) is 19.0 Å². The highest BCUT2D eigenvalue weighted by Crippen LogP contribution is 2.53. The normalized spacial score (nSPS) is 34.7. The first-order valence-electron chi connectivity index (χ1n) is 12.4. The van der Waals surface area contributed by atoms with Crippen molar-refractivity contribution in [1.29, 1.82) is 0 Å². The number of carbonyl (C=O) groups excluding carboxylic acids is 1. The van der Waals surface area contributed by atoms with Crippen LogP contribution >= 0.6 is 0 Å². The predicted octanol–water partition coefficient (Wildman–Crippen LogP) is 5.31. The Morgan fingerprint density at radius 1 is 1.07 bits per heavy atom. The van der Waals surface area contributed by atoms with E-state index in [1.54, 1.807) is 0 Å². The molecule has 1 N–H and O–H groups in total. The molecule has 3 aliphatic carbocycles. The summed E-state index contributed by atoms with van der Waals surface area (Å²) < 4.78 is 0. The number of fused-ring (bicyclic) bond motifs is 2. The maximum atomic E-state index is 13.3. The Hall–Kier alpha value is -1.84. The number of nitrogens with zero attached hydrogens (tertiary/aromatic N) is 2. The summed E-state index contributed by atoms with van der Waals surface area (Å²) in [7, 11) is 0. The molecule has 4 heteroatoms. The highest BCUT2D eigenvalue weighted by Gasteiger charge is 2.47. The zero-order valence-electron chi connectivity index (χ0n) is 18.4. The average molecular weight is 408 g/mol. The van der Waals surface area contributed by atoms with Crippen LogP contribution in [0, 0.1) is 23.7 Å². The van der Waals surface area contributed by atoms with E-state index in [9.17, 15) is 4.79 Å². The second-order valence-corrected chi connectivity index (χ2v) is 10.3. The molecule has 0 saturated heterocycles. The van der Waals surface area contributed by atoms with Crippen LogP contribution in [0.1, 0.15) is 82.7 Å². The fourth-order valence-electron chi connectivity index (χ4n) is 6.91. The van der Waals surface area contributed by atoms with Crippen molar-refractivity contribution in [1.82, 2.24) is 10.3 Å². The monoisotopic (exact) mass is 407 g/mol. The minimum absolute atomic E-state index is 0.0974. The van der Waals surface area contributed by atoms with Gasteiger partial charge in [-0.2, -0.15) is 5.10 Å². The first-order chi connectivity index (χ1) is 14.7. The molecule has 1 heterocycles. The standard InChI is InChI=1S/C26H37N3O/c1-2-3-7-12-29-25(20-8-5-4-6-9-20)17-24(28-29)26(30)27-23-11-10-18-13-19-15-21(14-18)22(23)16-19/h4-6,8-9,18-19,21-23,25H,2-3,7,10-17H2,1H3,(H,27,30). The number of amides is 1. The molecule has 4 nitrogen and oxygen atoms in total. The van der Waals surface area contributed by atoms with Crippen LogP contribution in [0.3, 0.4) is 0 Å². The van der Waals surface area contributed by atoms with Gasteiger partial charge in [0.1, 0.15) is 5.71 Å². The fourth-order valence-corrected chi connectivity index (χ4v) is 6.91. The number of carbonyl (C=O) groups is 1. The number of benzene rings is 1. The van der Waals surface area contributed by atoms with Crippen LogP contribution in [0.2, 0.25) is 0 Å². The molecule has 3 bridgehead atoms. The van der Waals surface area contributed by atoms with Gasteiger partial charge in [0.05, 0.1) is 6.04 Å². The third kappa shape index (κ3) is 4.02. The summed E-state index contributed by atoms with van der Waals surface area (Å²) in [6, 6.07) is 11.2. The minimum atomic E-state index is 0.0974. The highest BCUT2D eigenvalue weighted by molar-refractivity contribution is 6.39. The summed E-state index contributed by atoms with van der Waals surface area (Å²) in [5.74, 6) is 3.51. The first-order valence-corrected chi connectivity index (χ1v) is 12.4. The SMILES string of the molecule is CCCCCN1N=C(C(=O)NC2CCC3CC4CC(C3)C2C4)CC1c1ccccc1. The summed E-state index contributed by atoms with van der Waals surface area (Å²) in [6.45, 7) is 3.16. The average Bonchev–Trinajstić information content (AvgIpc) is 3.29. The van der Waals surface area contributed by atoms with Gasteiger partial charge in [0.25, 0.3) is 5.91 Å². The van der Waals surface area contributed by atoms with Crippen LogP contribution in [0.4, 0.5) is 0 Å². The molecule has 1 amide bonds. The molecule has 0 aromatic heterocycles.